The van der Waals surface area contributed by atoms with Gasteiger partial charge in [0.1, 0.15) is 0 Å². The van der Waals surface area contributed by atoms with Crippen LogP contribution in [0.4, 0.5) is 0 Å². The summed E-state index contributed by atoms with van der Waals surface area (Å²) in [4.78, 5) is 3.82. The first-order valence-corrected chi connectivity index (χ1v) is 2.57. The topological polar surface area (TPSA) is 24.4 Å². The summed E-state index contributed by atoms with van der Waals surface area (Å²) in [7, 11) is 3.62. The molecule has 0 unspecified atom stereocenters. The smallest absolute Gasteiger partial charge is 0.0277 e. The average molecular weight is 112 g/mol. The van der Waals surface area contributed by atoms with Crippen molar-refractivity contribution >= 4 is 6.21 Å². The molecular weight excluding hydrogens is 100 g/mol. The Morgan fingerprint density at radius 2 is 2.25 bits per heavy atom. The summed E-state index contributed by atoms with van der Waals surface area (Å²) in [5.41, 5.74) is 1.13. The standard InChI is InChI=1S/C6H12N2/c1-6(4-7-2)5-8-3/h4-5,7H,1-3H3/b6-4-,8-5+. The minimum Gasteiger partial charge on any atom is -0.394 e. The molecule has 2 nitrogen and oxygen atoms in total. The molecule has 2 heteroatoms. The van der Waals surface area contributed by atoms with Gasteiger partial charge >= 0.3 is 0 Å². The molecule has 0 atom stereocenters. The molecule has 0 fully saturated rings. The predicted molar refractivity (Wildman–Crippen MR) is 37.2 cm³/mol. The van der Waals surface area contributed by atoms with Crippen LogP contribution in [0.15, 0.2) is 16.8 Å². The number of rotatable bonds is 2. The molecule has 0 saturated heterocycles. The predicted octanol–water partition coefficient (Wildman–Crippen LogP) is 0.810. The van der Waals surface area contributed by atoms with E-state index in [4.69, 9.17) is 0 Å². The summed E-state index contributed by atoms with van der Waals surface area (Å²) in [6.45, 7) is 1.99. The van der Waals surface area contributed by atoms with Crippen LogP contribution in [-0.2, 0) is 0 Å². The SMILES string of the molecule is C/N=C/C(C)=C\NC. The van der Waals surface area contributed by atoms with Crippen molar-refractivity contribution in [3.63, 3.8) is 0 Å². The first-order chi connectivity index (χ1) is 3.81. The van der Waals surface area contributed by atoms with Crippen LogP contribution >= 0.6 is 0 Å². The molecular formula is C6H12N2. The maximum absolute atomic E-state index is 3.82. The Morgan fingerprint density at radius 3 is 2.62 bits per heavy atom. The number of allylic oxidation sites excluding steroid dienone is 1. The Morgan fingerprint density at radius 1 is 1.62 bits per heavy atom. The van der Waals surface area contributed by atoms with E-state index in [-0.39, 0.29) is 0 Å². The maximum atomic E-state index is 3.82. The highest BCUT2D eigenvalue weighted by atomic mass is 14.8. The molecule has 0 aliphatic heterocycles. The van der Waals surface area contributed by atoms with Gasteiger partial charge in [-0.2, -0.15) is 0 Å². The Bertz CT molecular complexity index is 103. The number of nitrogens with zero attached hydrogens (tertiary/aromatic N) is 1. The van der Waals surface area contributed by atoms with E-state index >= 15 is 0 Å². The van der Waals surface area contributed by atoms with E-state index in [0.29, 0.717) is 0 Å². The van der Waals surface area contributed by atoms with Crippen LogP contribution in [-0.4, -0.2) is 20.3 Å². The van der Waals surface area contributed by atoms with E-state index in [0.717, 1.165) is 5.57 Å². The van der Waals surface area contributed by atoms with Gasteiger partial charge in [-0.05, 0) is 12.5 Å². The second-order valence-electron chi connectivity index (χ2n) is 1.56. The summed E-state index contributed by atoms with van der Waals surface area (Å²) in [6, 6.07) is 0. The van der Waals surface area contributed by atoms with Crippen molar-refractivity contribution in [1.82, 2.24) is 5.32 Å². The summed E-state index contributed by atoms with van der Waals surface area (Å²) in [5.74, 6) is 0. The second kappa shape index (κ2) is 4.37. The fourth-order valence-electron chi connectivity index (χ4n) is 0.469. The lowest BCUT2D eigenvalue weighted by molar-refractivity contribution is 1.09. The molecule has 8 heavy (non-hydrogen) atoms. The molecule has 0 spiro atoms. The summed E-state index contributed by atoms with van der Waals surface area (Å²) >= 11 is 0. The van der Waals surface area contributed by atoms with Gasteiger partial charge in [0.05, 0.1) is 0 Å². The van der Waals surface area contributed by atoms with E-state index in [1.165, 1.54) is 0 Å². The van der Waals surface area contributed by atoms with Crippen molar-refractivity contribution in [3.8, 4) is 0 Å². The molecule has 0 aromatic carbocycles. The van der Waals surface area contributed by atoms with Crippen LogP contribution < -0.4 is 5.32 Å². The van der Waals surface area contributed by atoms with Crippen LogP contribution in [0, 0.1) is 0 Å². The number of aliphatic imine (C=N–C) groups is 1. The molecule has 0 aliphatic carbocycles. The van der Waals surface area contributed by atoms with E-state index < -0.39 is 0 Å². The van der Waals surface area contributed by atoms with E-state index in [9.17, 15) is 0 Å². The normalized spacial score (nSPS) is 12.6. The zero-order valence-corrected chi connectivity index (χ0v) is 5.60. The lowest BCUT2D eigenvalue weighted by Gasteiger charge is -1.87. The quantitative estimate of drug-likeness (QED) is 0.525. The highest BCUT2D eigenvalue weighted by Crippen LogP contribution is 1.81. The zero-order valence-electron chi connectivity index (χ0n) is 5.60. The van der Waals surface area contributed by atoms with Crippen LogP contribution in [0.3, 0.4) is 0 Å². The lowest BCUT2D eigenvalue weighted by atomic mass is 10.4. The molecule has 0 heterocycles. The van der Waals surface area contributed by atoms with Crippen LogP contribution in [0.25, 0.3) is 0 Å². The molecule has 0 rings (SSSR count). The molecule has 0 radical (unpaired) electrons. The van der Waals surface area contributed by atoms with Crippen molar-refractivity contribution in [2.75, 3.05) is 14.1 Å². The molecule has 46 valence electrons. The highest BCUT2D eigenvalue weighted by molar-refractivity contribution is 5.77. The van der Waals surface area contributed by atoms with Crippen molar-refractivity contribution in [2.45, 2.75) is 6.92 Å². The lowest BCUT2D eigenvalue weighted by Crippen LogP contribution is -1.94. The van der Waals surface area contributed by atoms with Gasteiger partial charge < -0.3 is 5.32 Å². The van der Waals surface area contributed by atoms with Gasteiger partial charge in [-0.3, -0.25) is 4.99 Å². The Labute approximate surface area is 50.3 Å². The van der Waals surface area contributed by atoms with Crippen molar-refractivity contribution in [1.29, 1.82) is 0 Å². The number of nitrogens with one attached hydrogen (secondary N) is 1. The van der Waals surface area contributed by atoms with Gasteiger partial charge in [-0.1, -0.05) is 0 Å². The van der Waals surface area contributed by atoms with Crippen molar-refractivity contribution in [2.24, 2.45) is 4.99 Å². The minimum absolute atomic E-state index is 1.13. The molecule has 0 aliphatic rings. The van der Waals surface area contributed by atoms with Gasteiger partial charge in [-0.25, -0.2) is 0 Å². The van der Waals surface area contributed by atoms with Gasteiger partial charge in [0.15, 0.2) is 0 Å². The fourth-order valence-corrected chi connectivity index (χ4v) is 0.469. The first kappa shape index (κ1) is 7.21. The molecule has 0 amide bonds. The van der Waals surface area contributed by atoms with Gasteiger partial charge in [-0.15, -0.1) is 0 Å². The summed E-state index contributed by atoms with van der Waals surface area (Å²) in [6.07, 6.45) is 3.70. The summed E-state index contributed by atoms with van der Waals surface area (Å²) < 4.78 is 0. The molecule has 0 aromatic heterocycles. The fraction of sp³-hybridized carbons (Fsp3) is 0.500. The van der Waals surface area contributed by atoms with Crippen molar-refractivity contribution < 1.29 is 0 Å². The van der Waals surface area contributed by atoms with E-state index in [2.05, 4.69) is 10.3 Å². The maximum Gasteiger partial charge on any atom is 0.0277 e. The Hall–Kier alpha value is -0.790. The zero-order chi connectivity index (χ0) is 6.41. The van der Waals surface area contributed by atoms with Gasteiger partial charge in [0, 0.05) is 26.5 Å². The highest BCUT2D eigenvalue weighted by Gasteiger charge is 1.74. The van der Waals surface area contributed by atoms with Gasteiger partial charge in [0.2, 0.25) is 0 Å². The minimum atomic E-state index is 1.13. The van der Waals surface area contributed by atoms with E-state index in [1.807, 2.05) is 20.2 Å². The third-order valence-electron chi connectivity index (χ3n) is 0.705. The number of hydrogen-bond acceptors (Lipinski definition) is 2. The third kappa shape index (κ3) is 3.40. The Kier molecular flexibility index (Phi) is 3.94. The van der Waals surface area contributed by atoms with Crippen molar-refractivity contribution in [3.05, 3.63) is 11.8 Å². The third-order valence-corrected chi connectivity index (χ3v) is 0.705. The first-order valence-electron chi connectivity index (χ1n) is 2.57. The monoisotopic (exact) mass is 112 g/mol. The van der Waals surface area contributed by atoms with Crippen LogP contribution in [0.1, 0.15) is 6.92 Å². The second-order valence-corrected chi connectivity index (χ2v) is 1.56. The Balaban J connectivity index is 3.61. The van der Waals surface area contributed by atoms with Crippen LogP contribution in [0.2, 0.25) is 0 Å². The number of hydrogen-bond donors (Lipinski definition) is 1. The molecule has 0 bridgehead atoms. The van der Waals surface area contributed by atoms with Gasteiger partial charge in [0.25, 0.3) is 0 Å². The average Bonchev–Trinajstić information content (AvgIpc) is 1.68. The molecule has 1 N–H and O–H groups in total. The molecule has 0 aromatic rings. The largest absolute Gasteiger partial charge is 0.394 e. The molecule has 0 saturated carbocycles. The van der Waals surface area contributed by atoms with Crippen LogP contribution in [0.5, 0.6) is 0 Å². The summed E-state index contributed by atoms with van der Waals surface area (Å²) in [5, 5.41) is 2.90. The van der Waals surface area contributed by atoms with E-state index in [1.54, 1.807) is 13.3 Å².